The molecule has 1 aromatic heterocycles. The Labute approximate surface area is 172 Å². The van der Waals surface area contributed by atoms with Gasteiger partial charge in [-0.15, -0.1) is 0 Å². The normalized spacial score (nSPS) is 18.0. The lowest BCUT2D eigenvalue weighted by atomic mass is 9.99. The van der Waals surface area contributed by atoms with Crippen molar-refractivity contribution in [2.24, 2.45) is 5.92 Å². The monoisotopic (exact) mass is 434 g/mol. The van der Waals surface area contributed by atoms with Crippen LogP contribution in [-0.4, -0.2) is 42.0 Å². The second kappa shape index (κ2) is 8.10. The first-order chi connectivity index (χ1) is 14.0. The Hall–Kier alpha value is -2.49. The Morgan fingerprint density at radius 1 is 1.21 bits per heavy atom. The summed E-state index contributed by atoms with van der Waals surface area (Å²) in [5.74, 6) is -0.623. The highest BCUT2D eigenvalue weighted by Gasteiger charge is 2.34. The first kappa shape index (κ1) is 19.8. The van der Waals surface area contributed by atoms with E-state index < -0.39 is 15.9 Å². The molecule has 1 saturated heterocycles. The number of halogens is 1. The third kappa shape index (κ3) is 3.98. The third-order valence-electron chi connectivity index (χ3n) is 5.03. The van der Waals surface area contributed by atoms with Crippen molar-refractivity contribution in [1.29, 1.82) is 0 Å². The molecular weight excluding hydrogens is 416 g/mol. The minimum absolute atomic E-state index is 0.0355. The number of fused-ring (bicyclic) bond motifs is 1. The van der Waals surface area contributed by atoms with Crippen LogP contribution in [0.5, 0.6) is 0 Å². The second-order valence-corrected chi connectivity index (χ2v) is 9.21. The molecule has 3 aromatic rings. The summed E-state index contributed by atoms with van der Waals surface area (Å²) in [6, 6.07) is 12.0. The van der Waals surface area contributed by atoms with Crippen molar-refractivity contribution < 1.29 is 17.8 Å². The van der Waals surface area contributed by atoms with Gasteiger partial charge in [-0.1, -0.05) is 35.9 Å². The molecule has 1 atom stereocenters. The van der Waals surface area contributed by atoms with Gasteiger partial charge in [-0.05, 0) is 46.9 Å². The molecule has 0 radical (unpaired) electrons. The molecule has 1 aliphatic rings. The number of hydrogen-bond acceptors (Lipinski definition) is 6. The number of nitrogens with one attached hydrogen (secondary N) is 1. The van der Waals surface area contributed by atoms with E-state index in [0.29, 0.717) is 36.5 Å². The van der Waals surface area contributed by atoms with Crippen molar-refractivity contribution in [1.82, 2.24) is 19.9 Å². The molecule has 2 heterocycles. The molecule has 1 amide bonds. The molecule has 1 fully saturated rings. The summed E-state index contributed by atoms with van der Waals surface area (Å²) in [5.41, 5.74) is 1.38. The van der Waals surface area contributed by atoms with E-state index in [4.69, 9.17) is 11.6 Å². The van der Waals surface area contributed by atoms with Gasteiger partial charge in [0.1, 0.15) is 10.4 Å². The van der Waals surface area contributed by atoms with E-state index in [9.17, 15) is 13.2 Å². The number of nitrogens with zero attached hydrogens (tertiary/aromatic N) is 3. The van der Waals surface area contributed by atoms with E-state index in [-0.39, 0.29) is 22.9 Å². The van der Waals surface area contributed by atoms with E-state index in [1.54, 1.807) is 18.2 Å². The van der Waals surface area contributed by atoms with Gasteiger partial charge < -0.3 is 5.32 Å². The smallest absolute Gasteiger partial charge is 0.245 e. The Kier molecular flexibility index (Phi) is 5.53. The van der Waals surface area contributed by atoms with E-state index in [1.807, 2.05) is 18.2 Å². The number of amides is 1. The Balaban J connectivity index is 1.48. The van der Waals surface area contributed by atoms with Crippen LogP contribution in [0.15, 0.2) is 52.0 Å². The van der Waals surface area contributed by atoms with Crippen molar-refractivity contribution >= 4 is 38.6 Å². The number of hydrogen-bond donors (Lipinski definition) is 1. The average molecular weight is 435 g/mol. The van der Waals surface area contributed by atoms with Gasteiger partial charge in [0.2, 0.25) is 15.9 Å². The van der Waals surface area contributed by atoms with Crippen molar-refractivity contribution in [3.05, 3.63) is 53.1 Å². The Morgan fingerprint density at radius 2 is 2.03 bits per heavy atom. The van der Waals surface area contributed by atoms with Crippen LogP contribution in [0.3, 0.4) is 0 Å². The first-order valence-electron chi connectivity index (χ1n) is 9.19. The molecule has 0 unspecified atom stereocenters. The van der Waals surface area contributed by atoms with Crippen molar-refractivity contribution in [3.8, 4) is 0 Å². The molecule has 29 heavy (non-hydrogen) atoms. The Morgan fingerprint density at radius 3 is 2.86 bits per heavy atom. The summed E-state index contributed by atoms with van der Waals surface area (Å²) < 4.78 is 32.3. The number of carbonyl (C=O) groups is 1. The average Bonchev–Trinajstić information content (AvgIpc) is 3.22. The zero-order chi connectivity index (χ0) is 20.4. The molecule has 0 bridgehead atoms. The fourth-order valence-corrected chi connectivity index (χ4v) is 5.33. The third-order valence-corrected chi connectivity index (χ3v) is 7.30. The lowest BCUT2D eigenvalue weighted by Crippen LogP contribution is -2.45. The molecule has 0 saturated carbocycles. The zero-order valence-corrected chi connectivity index (χ0v) is 17.0. The number of sulfonamides is 1. The maximum Gasteiger partial charge on any atom is 0.245 e. The highest BCUT2D eigenvalue weighted by Crippen LogP contribution is 2.27. The fraction of sp³-hybridized carbons (Fsp3) is 0.316. The summed E-state index contributed by atoms with van der Waals surface area (Å²) in [6.07, 6.45) is 1.21. The molecule has 1 aliphatic heterocycles. The van der Waals surface area contributed by atoms with Crippen LogP contribution in [0.25, 0.3) is 11.0 Å². The highest BCUT2D eigenvalue weighted by atomic mass is 35.5. The van der Waals surface area contributed by atoms with Crippen LogP contribution in [0.1, 0.15) is 18.4 Å². The lowest BCUT2D eigenvalue weighted by molar-refractivity contribution is -0.126. The van der Waals surface area contributed by atoms with Crippen LogP contribution in [0.4, 0.5) is 0 Å². The quantitative estimate of drug-likeness (QED) is 0.661. The molecule has 0 spiro atoms. The molecule has 152 valence electrons. The van der Waals surface area contributed by atoms with Crippen LogP contribution in [-0.2, 0) is 21.4 Å². The lowest BCUT2D eigenvalue weighted by Gasteiger charge is -2.31. The summed E-state index contributed by atoms with van der Waals surface area (Å²) in [4.78, 5) is 12.7. The van der Waals surface area contributed by atoms with E-state index >= 15 is 0 Å². The molecule has 8 nitrogen and oxygen atoms in total. The number of piperidine rings is 1. The first-order valence-corrected chi connectivity index (χ1v) is 11.0. The minimum atomic E-state index is -3.83. The fourth-order valence-electron chi connectivity index (χ4n) is 3.47. The number of aromatic nitrogens is 2. The minimum Gasteiger partial charge on any atom is -0.352 e. The van der Waals surface area contributed by atoms with Gasteiger partial charge in [-0.3, -0.25) is 4.79 Å². The van der Waals surface area contributed by atoms with E-state index in [0.717, 1.165) is 5.56 Å². The molecular formula is C19H19ClN4O4S. The van der Waals surface area contributed by atoms with Gasteiger partial charge in [-0.2, -0.15) is 4.31 Å². The van der Waals surface area contributed by atoms with Crippen molar-refractivity contribution in [2.75, 3.05) is 13.1 Å². The largest absolute Gasteiger partial charge is 0.352 e. The van der Waals surface area contributed by atoms with Crippen molar-refractivity contribution in [2.45, 2.75) is 24.3 Å². The van der Waals surface area contributed by atoms with Gasteiger partial charge in [0, 0.05) is 24.7 Å². The predicted molar refractivity (Wildman–Crippen MR) is 107 cm³/mol. The molecule has 10 heteroatoms. The Bertz CT molecular complexity index is 1150. The van der Waals surface area contributed by atoms with Crippen LogP contribution < -0.4 is 5.32 Å². The number of rotatable bonds is 5. The van der Waals surface area contributed by atoms with Crippen molar-refractivity contribution in [3.63, 3.8) is 0 Å². The van der Waals surface area contributed by atoms with Gasteiger partial charge >= 0.3 is 0 Å². The summed E-state index contributed by atoms with van der Waals surface area (Å²) in [7, 11) is -3.83. The van der Waals surface area contributed by atoms with Crippen LogP contribution >= 0.6 is 11.6 Å². The van der Waals surface area contributed by atoms with E-state index in [1.165, 1.54) is 10.4 Å². The summed E-state index contributed by atoms with van der Waals surface area (Å²) >= 11 is 6.13. The number of benzene rings is 2. The van der Waals surface area contributed by atoms with E-state index in [2.05, 4.69) is 20.3 Å². The topological polar surface area (TPSA) is 105 Å². The zero-order valence-electron chi connectivity index (χ0n) is 15.4. The maximum atomic E-state index is 13.2. The maximum absolute atomic E-state index is 13.2. The molecule has 0 aliphatic carbocycles. The van der Waals surface area contributed by atoms with Gasteiger partial charge in [0.25, 0.3) is 0 Å². The summed E-state index contributed by atoms with van der Waals surface area (Å²) in [5, 5.41) is 10.9. The predicted octanol–water partition coefficient (Wildman–Crippen LogP) is 2.59. The van der Waals surface area contributed by atoms with Crippen LogP contribution in [0.2, 0.25) is 5.02 Å². The number of carbonyl (C=O) groups excluding carboxylic acids is 1. The van der Waals surface area contributed by atoms with Gasteiger partial charge in [0.05, 0.1) is 5.92 Å². The summed E-state index contributed by atoms with van der Waals surface area (Å²) in [6.45, 7) is 0.752. The standard InChI is InChI=1S/C19H19ClN4O4S/c20-15-7-2-1-5-13(15)11-21-19(25)14-6-4-10-24(12-14)29(26,27)17-9-3-8-16-18(17)23-28-22-16/h1-3,5,7-9,14H,4,6,10-12H2,(H,21,25)/t14-/m0/s1. The molecule has 1 N–H and O–H groups in total. The second-order valence-electron chi connectivity index (χ2n) is 6.90. The SMILES string of the molecule is O=C(NCc1ccccc1Cl)[C@H]1CCCN(S(=O)(=O)c2cccc3nonc23)C1. The molecule has 2 aromatic carbocycles. The van der Waals surface area contributed by atoms with Gasteiger partial charge in [0.15, 0.2) is 5.52 Å². The molecule has 4 rings (SSSR count). The van der Waals surface area contributed by atoms with Crippen LogP contribution in [0, 0.1) is 5.92 Å². The van der Waals surface area contributed by atoms with Gasteiger partial charge in [-0.25, -0.2) is 13.0 Å². The highest BCUT2D eigenvalue weighted by molar-refractivity contribution is 7.89.